The van der Waals surface area contributed by atoms with Gasteiger partial charge in [0.2, 0.25) is 0 Å². The molecule has 0 amide bonds. The lowest BCUT2D eigenvalue weighted by Crippen LogP contribution is -2.04. The van der Waals surface area contributed by atoms with Crippen molar-refractivity contribution in [1.29, 1.82) is 0 Å². The zero-order chi connectivity index (χ0) is 13.9. The third-order valence-corrected chi connectivity index (χ3v) is 3.20. The van der Waals surface area contributed by atoms with E-state index in [0.29, 0.717) is 6.01 Å². The second-order valence-corrected chi connectivity index (χ2v) is 4.44. The van der Waals surface area contributed by atoms with E-state index in [-0.39, 0.29) is 0 Å². The fourth-order valence-corrected chi connectivity index (χ4v) is 2.15. The molecule has 1 aromatic carbocycles. The van der Waals surface area contributed by atoms with E-state index in [0.717, 1.165) is 41.6 Å². The first-order valence-electron chi connectivity index (χ1n) is 6.35. The van der Waals surface area contributed by atoms with Crippen LogP contribution in [0.25, 0.3) is 0 Å². The van der Waals surface area contributed by atoms with Gasteiger partial charge in [-0.2, -0.15) is 9.97 Å². The number of fused-ring (bicyclic) bond motifs is 1. The van der Waals surface area contributed by atoms with Gasteiger partial charge in [0.05, 0.1) is 19.9 Å². The standard InChI is InChI=1S/C14H16N4O2/c1-19-10-5-3-9(4-6-10)16-13-11-7-15-8-12(11)17-14(18-13)20-2/h3-6,15H,7-8H2,1-2H3,(H,16,17,18). The van der Waals surface area contributed by atoms with Gasteiger partial charge in [0.25, 0.3) is 0 Å². The summed E-state index contributed by atoms with van der Waals surface area (Å²) < 4.78 is 10.3. The van der Waals surface area contributed by atoms with Gasteiger partial charge in [-0.3, -0.25) is 0 Å². The molecular weight excluding hydrogens is 256 g/mol. The number of anilines is 2. The highest BCUT2D eigenvalue weighted by atomic mass is 16.5. The van der Waals surface area contributed by atoms with Crippen molar-refractivity contribution in [2.75, 3.05) is 19.5 Å². The summed E-state index contributed by atoms with van der Waals surface area (Å²) >= 11 is 0. The number of nitrogens with zero attached hydrogens (tertiary/aromatic N) is 2. The van der Waals surface area contributed by atoms with Crippen molar-refractivity contribution in [3.05, 3.63) is 35.5 Å². The van der Waals surface area contributed by atoms with Crippen molar-refractivity contribution >= 4 is 11.5 Å². The van der Waals surface area contributed by atoms with Crippen LogP contribution in [0.5, 0.6) is 11.8 Å². The summed E-state index contributed by atoms with van der Waals surface area (Å²) in [5, 5.41) is 6.57. The van der Waals surface area contributed by atoms with E-state index < -0.39 is 0 Å². The molecule has 20 heavy (non-hydrogen) atoms. The van der Waals surface area contributed by atoms with Crippen molar-refractivity contribution < 1.29 is 9.47 Å². The SMILES string of the molecule is COc1ccc(Nc2nc(OC)nc3c2CNC3)cc1. The van der Waals surface area contributed by atoms with Crippen LogP contribution in [0.15, 0.2) is 24.3 Å². The Bertz CT molecular complexity index is 613. The average Bonchev–Trinajstić information content (AvgIpc) is 2.96. The van der Waals surface area contributed by atoms with Crippen LogP contribution < -0.4 is 20.1 Å². The first kappa shape index (κ1) is 12.7. The molecule has 1 aliphatic rings. The number of methoxy groups -OCH3 is 2. The summed E-state index contributed by atoms with van der Waals surface area (Å²) in [6.07, 6.45) is 0. The molecule has 0 atom stereocenters. The predicted octanol–water partition coefficient (Wildman–Crippen LogP) is 1.84. The summed E-state index contributed by atoms with van der Waals surface area (Å²) in [7, 11) is 3.22. The summed E-state index contributed by atoms with van der Waals surface area (Å²) in [6.45, 7) is 1.50. The Morgan fingerprint density at radius 3 is 2.55 bits per heavy atom. The molecule has 0 radical (unpaired) electrons. The molecule has 3 rings (SSSR count). The van der Waals surface area contributed by atoms with Crippen molar-refractivity contribution in [3.8, 4) is 11.8 Å². The Labute approximate surface area is 117 Å². The van der Waals surface area contributed by atoms with Gasteiger partial charge in [0.15, 0.2) is 0 Å². The zero-order valence-corrected chi connectivity index (χ0v) is 11.4. The summed E-state index contributed by atoms with van der Waals surface area (Å²) in [5.41, 5.74) is 3.01. The Hall–Kier alpha value is -2.34. The monoisotopic (exact) mass is 272 g/mol. The van der Waals surface area contributed by atoms with Crippen molar-refractivity contribution in [2.24, 2.45) is 0 Å². The highest BCUT2D eigenvalue weighted by Gasteiger charge is 2.19. The van der Waals surface area contributed by atoms with Crippen LogP contribution in [0.4, 0.5) is 11.5 Å². The topological polar surface area (TPSA) is 68.3 Å². The molecule has 0 unspecified atom stereocenters. The summed E-state index contributed by atoms with van der Waals surface area (Å²) in [5.74, 6) is 1.60. The van der Waals surface area contributed by atoms with Crippen molar-refractivity contribution in [3.63, 3.8) is 0 Å². The molecule has 1 aliphatic heterocycles. The van der Waals surface area contributed by atoms with Gasteiger partial charge in [-0.1, -0.05) is 0 Å². The number of benzene rings is 1. The lowest BCUT2D eigenvalue weighted by atomic mass is 10.2. The van der Waals surface area contributed by atoms with Crippen LogP contribution in [0.3, 0.4) is 0 Å². The number of ether oxygens (including phenoxy) is 2. The lowest BCUT2D eigenvalue weighted by molar-refractivity contribution is 0.379. The minimum atomic E-state index is 0.378. The zero-order valence-electron chi connectivity index (χ0n) is 11.4. The molecule has 0 aliphatic carbocycles. The van der Waals surface area contributed by atoms with Crippen molar-refractivity contribution in [2.45, 2.75) is 13.1 Å². The third kappa shape index (κ3) is 2.37. The van der Waals surface area contributed by atoms with Gasteiger partial charge in [-0.05, 0) is 24.3 Å². The highest BCUT2D eigenvalue weighted by molar-refractivity contribution is 5.61. The minimum Gasteiger partial charge on any atom is -0.497 e. The molecule has 0 bridgehead atoms. The molecule has 2 heterocycles. The average molecular weight is 272 g/mol. The number of hydrogen-bond acceptors (Lipinski definition) is 6. The Kier molecular flexibility index (Phi) is 3.39. The van der Waals surface area contributed by atoms with Gasteiger partial charge in [-0.15, -0.1) is 0 Å². The fraction of sp³-hybridized carbons (Fsp3) is 0.286. The van der Waals surface area contributed by atoms with Gasteiger partial charge in [0.1, 0.15) is 11.6 Å². The maximum Gasteiger partial charge on any atom is 0.318 e. The van der Waals surface area contributed by atoms with E-state index in [1.807, 2.05) is 24.3 Å². The molecule has 6 heteroatoms. The van der Waals surface area contributed by atoms with E-state index >= 15 is 0 Å². The highest BCUT2D eigenvalue weighted by Crippen LogP contribution is 2.27. The molecule has 6 nitrogen and oxygen atoms in total. The summed E-state index contributed by atoms with van der Waals surface area (Å²) in [6, 6.07) is 8.08. The van der Waals surface area contributed by atoms with Crippen LogP contribution in [0, 0.1) is 0 Å². The van der Waals surface area contributed by atoms with Crippen LogP contribution in [0.1, 0.15) is 11.3 Å². The molecular formula is C14H16N4O2. The number of hydrogen-bond donors (Lipinski definition) is 2. The molecule has 0 fully saturated rings. The first-order valence-corrected chi connectivity index (χ1v) is 6.35. The number of aromatic nitrogens is 2. The van der Waals surface area contributed by atoms with Crippen LogP contribution in [0.2, 0.25) is 0 Å². The van der Waals surface area contributed by atoms with Gasteiger partial charge < -0.3 is 20.1 Å². The smallest absolute Gasteiger partial charge is 0.318 e. The molecule has 0 spiro atoms. The molecule has 0 saturated carbocycles. The second kappa shape index (κ2) is 5.34. The Morgan fingerprint density at radius 2 is 1.85 bits per heavy atom. The fourth-order valence-electron chi connectivity index (χ4n) is 2.15. The van der Waals surface area contributed by atoms with E-state index in [2.05, 4.69) is 20.6 Å². The van der Waals surface area contributed by atoms with Gasteiger partial charge in [-0.25, -0.2) is 0 Å². The van der Waals surface area contributed by atoms with Gasteiger partial charge >= 0.3 is 6.01 Å². The van der Waals surface area contributed by atoms with Crippen LogP contribution >= 0.6 is 0 Å². The maximum atomic E-state index is 5.15. The number of rotatable bonds is 4. The third-order valence-electron chi connectivity index (χ3n) is 3.20. The molecule has 2 N–H and O–H groups in total. The van der Waals surface area contributed by atoms with E-state index in [1.165, 1.54) is 0 Å². The van der Waals surface area contributed by atoms with E-state index in [4.69, 9.17) is 9.47 Å². The molecule has 1 aromatic heterocycles. The number of nitrogens with one attached hydrogen (secondary N) is 2. The minimum absolute atomic E-state index is 0.378. The van der Waals surface area contributed by atoms with E-state index in [1.54, 1.807) is 14.2 Å². The van der Waals surface area contributed by atoms with Crippen molar-refractivity contribution in [1.82, 2.24) is 15.3 Å². The maximum absolute atomic E-state index is 5.15. The molecule has 0 saturated heterocycles. The van der Waals surface area contributed by atoms with E-state index in [9.17, 15) is 0 Å². The predicted molar refractivity (Wildman–Crippen MR) is 75.4 cm³/mol. The first-order chi connectivity index (χ1) is 9.80. The largest absolute Gasteiger partial charge is 0.497 e. The van der Waals surface area contributed by atoms with Crippen LogP contribution in [-0.4, -0.2) is 24.2 Å². The molecule has 104 valence electrons. The Morgan fingerprint density at radius 1 is 1.05 bits per heavy atom. The van der Waals surface area contributed by atoms with Gasteiger partial charge in [0, 0.05) is 24.3 Å². The summed E-state index contributed by atoms with van der Waals surface area (Å²) in [4.78, 5) is 8.73. The quantitative estimate of drug-likeness (QED) is 0.885. The normalized spacial score (nSPS) is 12.9. The Balaban J connectivity index is 1.91. The lowest BCUT2D eigenvalue weighted by Gasteiger charge is -2.11. The molecule has 2 aromatic rings. The second-order valence-electron chi connectivity index (χ2n) is 4.44. The van der Waals surface area contributed by atoms with Crippen LogP contribution in [-0.2, 0) is 13.1 Å².